The van der Waals surface area contributed by atoms with Gasteiger partial charge in [0, 0.05) is 30.4 Å². The molecule has 0 atom stereocenters. The third-order valence-corrected chi connectivity index (χ3v) is 3.19. The van der Waals surface area contributed by atoms with Gasteiger partial charge in [0.1, 0.15) is 5.75 Å². The third-order valence-electron chi connectivity index (χ3n) is 3.19. The fourth-order valence-corrected chi connectivity index (χ4v) is 2.19. The Kier molecular flexibility index (Phi) is 3.46. The van der Waals surface area contributed by atoms with Crippen LogP contribution in [0, 0.1) is 0 Å². The van der Waals surface area contributed by atoms with Crippen molar-refractivity contribution in [3.8, 4) is 5.75 Å². The molecule has 0 saturated heterocycles. The van der Waals surface area contributed by atoms with Gasteiger partial charge < -0.3 is 10.1 Å². The van der Waals surface area contributed by atoms with Gasteiger partial charge in [0.15, 0.2) is 0 Å². The van der Waals surface area contributed by atoms with E-state index in [0.717, 1.165) is 27.9 Å². The van der Waals surface area contributed by atoms with Crippen LogP contribution in [0.15, 0.2) is 55.0 Å². The second-order valence-corrected chi connectivity index (χ2v) is 4.42. The lowest BCUT2D eigenvalue weighted by atomic mass is 10.1. The number of fused-ring (bicyclic) bond motifs is 1. The quantitative estimate of drug-likeness (QED) is 0.786. The summed E-state index contributed by atoms with van der Waals surface area (Å²) in [5.41, 5.74) is 3.04. The maximum absolute atomic E-state index is 5.30. The maximum atomic E-state index is 5.30. The molecule has 2 aromatic heterocycles. The lowest BCUT2D eigenvalue weighted by Crippen LogP contribution is -2.02. The van der Waals surface area contributed by atoms with Gasteiger partial charge in [-0.3, -0.25) is 9.97 Å². The predicted octanol–water partition coefficient (Wildman–Crippen LogP) is 3.25. The van der Waals surface area contributed by atoms with Crippen molar-refractivity contribution >= 4 is 16.6 Å². The van der Waals surface area contributed by atoms with Crippen LogP contribution < -0.4 is 10.1 Å². The molecule has 4 nitrogen and oxygen atoms in total. The minimum atomic E-state index is 0.677. The van der Waals surface area contributed by atoms with Crippen molar-refractivity contribution in [2.45, 2.75) is 6.54 Å². The van der Waals surface area contributed by atoms with E-state index in [1.54, 1.807) is 19.5 Å². The van der Waals surface area contributed by atoms with Crippen molar-refractivity contribution < 1.29 is 4.74 Å². The molecule has 0 amide bonds. The van der Waals surface area contributed by atoms with Crippen molar-refractivity contribution in [1.82, 2.24) is 9.97 Å². The highest BCUT2D eigenvalue weighted by molar-refractivity contribution is 5.81. The van der Waals surface area contributed by atoms with Gasteiger partial charge in [0.25, 0.3) is 0 Å². The Balaban J connectivity index is 1.87. The number of methoxy groups -OCH3 is 1. The molecule has 100 valence electrons. The summed E-state index contributed by atoms with van der Waals surface area (Å²) in [6.07, 6.45) is 5.29. The summed E-state index contributed by atoms with van der Waals surface area (Å²) in [7, 11) is 1.65. The lowest BCUT2D eigenvalue weighted by Gasteiger charge is -2.11. The van der Waals surface area contributed by atoms with Crippen molar-refractivity contribution in [3.05, 3.63) is 60.6 Å². The fourth-order valence-electron chi connectivity index (χ4n) is 2.19. The fraction of sp³-hybridized carbons (Fsp3) is 0.125. The van der Waals surface area contributed by atoms with Crippen molar-refractivity contribution in [3.63, 3.8) is 0 Å². The van der Waals surface area contributed by atoms with E-state index < -0.39 is 0 Å². The molecule has 1 aromatic carbocycles. The Morgan fingerprint density at radius 3 is 2.90 bits per heavy atom. The molecule has 4 heteroatoms. The van der Waals surface area contributed by atoms with E-state index in [9.17, 15) is 0 Å². The van der Waals surface area contributed by atoms with E-state index in [0.29, 0.717) is 6.54 Å². The molecule has 3 rings (SSSR count). The molecular formula is C16H15N3O. The standard InChI is InChI=1S/C16H15N3O/c1-20-15-7-9-17-11-14(15)19-10-13-5-2-4-12-6-3-8-18-16(12)13/h2-9,11,19H,10H2,1H3. The first-order valence-electron chi connectivity index (χ1n) is 6.43. The van der Waals surface area contributed by atoms with Crippen molar-refractivity contribution in [2.24, 2.45) is 0 Å². The number of rotatable bonds is 4. The van der Waals surface area contributed by atoms with E-state index >= 15 is 0 Å². The molecular weight excluding hydrogens is 250 g/mol. The number of pyridine rings is 2. The molecule has 20 heavy (non-hydrogen) atoms. The number of nitrogens with one attached hydrogen (secondary N) is 1. The molecule has 0 saturated carbocycles. The summed E-state index contributed by atoms with van der Waals surface area (Å²) in [5.74, 6) is 0.785. The van der Waals surface area contributed by atoms with Crippen LogP contribution in [0.25, 0.3) is 10.9 Å². The van der Waals surface area contributed by atoms with Gasteiger partial charge in [-0.1, -0.05) is 24.3 Å². The molecule has 3 aromatic rings. The zero-order valence-corrected chi connectivity index (χ0v) is 11.2. The highest BCUT2D eigenvalue weighted by Gasteiger charge is 2.04. The maximum Gasteiger partial charge on any atom is 0.145 e. The topological polar surface area (TPSA) is 47.0 Å². The van der Waals surface area contributed by atoms with Crippen LogP contribution in [0.1, 0.15) is 5.56 Å². The summed E-state index contributed by atoms with van der Waals surface area (Å²) < 4.78 is 5.30. The molecule has 0 aliphatic carbocycles. The van der Waals surface area contributed by atoms with Crippen LogP contribution >= 0.6 is 0 Å². The summed E-state index contributed by atoms with van der Waals surface area (Å²) >= 11 is 0. The number of benzene rings is 1. The molecule has 0 bridgehead atoms. The summed E-state index contributed by atoms with van der Waals surface area (Å²) in [6, 6.07) is 12.0. The average molecular weight is 265 g/mol. The third kappa shape index (κ3) is 2.40. The van der Waals surface area contributed by atoms with Crippen LogP contribution in [0.2, 0.25) is 0 Å². The predicted molar refractivity (Wildman–Crippen MR) is 79.9 cm³/mol. The number of ether oxygens (including phenoxy) is 1. The first-order chi connectivity index (χ1) is 9.88. The molecule has 0 aliphatic rings. The minimum absolute atomic E-state index is 0.677. The van der Waals surface area contributed by atoms with E-state index in [4.69, 9.17) is 4.74 Å². The van der Waals surface area contributed by atoms with Gasteiger partial charge in [-0.05, 0) is 11.6 Å². The summed E-state index contributed by atoms with van der Waals surface area (Å²) in [4.78, 5) is 8.56. The monoisotopic (exact) mass is 265 g/mol. The van der Waals surface area contributed by atoms with Crippen LogP contribution in [-0.2, 0) is 6.54 Å². The Hall–Kier alpha value is -2.62. The molecule has 2 heterocycles. The van der Waals surface area contributed by atoms with E-state index in [1.165, 1.54) is 0 Å². The van der Waals surface area contributed by atoms with Gasteiger partial charge >= 0.3 is 0 Å². The zero-order valence-electron chi connectivity index (χ0n) is 11.2. The first-order valence-corrected chi connectivity index (χ1v) is 6.43. The first kappa shape index (κ1) is 12.4. The van der Waals surface area contributed by atoms with Gasteiger partial charge in [-0.2, -0.15) is 0 Å². The van der Waals surface area contributed by atoms with Crippen LogP contribution in [0.3, 0.4) is 0 Å². The largest absolute Gasteiger partial charge is 0.494 e. The molecule has 0 aliphatic heterocycles. The van der Waals surface area contributed by atoms with Crippen LogP contribution in [-0.4, -0.2) is 17.1 Å². The average Bonchev–Trinajstić information content (AvgIpc) is 2.53. The van der Waals surface area contributed by atoms with E-state index in [2.05, 4.69) is 33.5 Å². The number of anilines is 1. The number of nitrogens with zero attached hydrogens (tertiary/aromatic N) is 2. The highest BCUT2D eigenvalue weighted by Crippen LogP contribution is 2.23. The zero-order chi connectivity index (χ0) is 13.8. The SMILES string of the molecule is COc1ccncc1NCc1cccc2cccnc12. The molecule has 0 fully saturated rings. The Bertz CT molecular complexity index is 722. The van der Waals surface area contributed by atoms with Gasteiger partial charge in [0.2, 0.25) is 0 Å². The normalized spacial score (nSPS) is 10.4. The number of para-hydroxylation sites is 1. The van der Waals surface area contributed by atoms with Crippen LogP contribution in [0.4, 0.5) is 5.69 Å². The number of hydrogen-bond acceptors (Lipinski definition) is 4. The van der Waals surface area contributed by atoms with Gasteiger partial charge in [0.05, 0.1) is 24.5 Å². The smallest absolute Gasteiger partial charge is 0.145 e. The van der Waals surface area contributed by atoms with Gasteiger partial charge in [-0.25, -0.2) is 0 Å². The molecule has 1 N–H and O–H groups in total. The number of aromatic nitrogens is 2. The minimum Gasteiger partial charge on any atom is -0.494 e. The second kappa shape index (κ2) is 5.57. The molecule has 0 spiro atoms. The Labute approximate surface area is 117 Å². The van der Waals surface area contributed by atoms with E-state index in [1.807, 2.05) is 24.4 Å². The highest BCUT2D eigenvalue weighted by atomic mass is 16.5. The van der Waals surface area contributed by atoms with Crippen molar-refractivity contribution in [2.75, 3.05) is 12.4 Å². The molecule has 0 unspecified atom stereocenters. The summed E-state index contributed by atoms with van der Waals surface area (Å²) in [5, 5.41) is 4.49. The van der Waals surface area contributed by atoms with Crippen LogP contribution in [0.5, 0.6) is 5.75 Å². The van der Waals surface area contributed by atoms with Crippen molar-refractivity contribution in [1.29, 1.82) is 0 Å². The van der Waals surface area contributed by atoms with E-state index in [-0.39, 0.29) is 0 Å². The van der Waals surface area contributed by atoms with Gasteiger partial charge in [-0.15, -0.1) is 0 Å². The second-order valence-electron chi connectivity index (χ2n) is 4.42. The molecule has 0 radical (unpaired) electrons. The lowest BCUT2D eigenvalue weighted by molar-refractivity contribution is 0.416. The Morgan fingerprint density at radius 2 is 2.00 bits per heavy atom. The Morgan fingerprint density at radius 1 is 1.10 bits per heavy atom. The number of hydrogen-bond donors (Lipinski definition) is 1. The summed E-state index contributed by atoms with van der Waals surface area (Å²) in [6.45, 7) is 0.677.